The number of nitrogens with one attached hydrogen (secondary N) is 1. The van der Waals surface area contributed by atoms with E-state index < -0.39 is 0 Å². The SMILES string of the molecule is Cc1ncc(-c2ccc3cnc(NC(=O)CN4C5CCC4CC5)cc3c2)s1. The third-order valence-electron chi connectivity index (χ3n) is 5.83. The molecular weight excluding hydrogens is 356 g/mol. The van der Waals surface area contributed by atoms with Crippen LogP contribution in [0.1, 0.15) is 30.7 Å². The number of pyridine rings is 1. The Morgan fingerprint density at radius 3 is 2.59 bits per heavy atom. The summed E-state index contributed by atoms with van der Waals surface area (Å²) in [6, 6.07) is 9.48. The first kappa shape index (κ1) is 16.8. The Labute approximate surface area is 162 Å². The zero-order valence-electron chi connectivity index (χ0n) is 15.3. The maximum absolute atomic E-state index is 12.5. The Balaban J connectivity index is 1.35. The molecule has 3 aromatic rings. The van der Waals surface area contributed by atoms with Gasteiger partial charge in [0.2, 0.25) is 5.91 Å². The molecule has 5 rings (SSSR count). The van der Waals surface area contributed by atoms with Crippen molar-refractivity contribution >= 4 is 33.8 Å². The molecule has 4 heterocycles. The monoisotopic (exact) mass is 378 g/mol. The summed E-state index contributed by atoms with van der Waals surface area (Å²) in [7, 11) is 0. The first-order valence-corrected chi connectivity index (χ1v) is 10.4. The predicted octanol–water partition coefficient (Wildman–Crippen LogP) is 4.23. The van der Waals surface area contributed by atoms with Crippen LogP contribution in [0.15, 0.2) is 36.7 Å². The average Bonchev–Trinajstić information content (AvgIpc) is 3.37. The van der Waals surface area contributed by atoms with E-state index in [9.17, 15) is 4.79 Å². The smallest absolute Gasteiger partial charge is 0.239 e. The Morgan fingerprint density at radius 1 is 1.11 bits per heavy atom. The zero-order chi connectivity index (χ0) is 18.4. The zero-order valence-corrected chi connectivity index (χ0v) is 16.1. The lowest BCUT2D eigenvalue weighted by Crippen LogP contribution is -2.36. The summed E-state index contributed by atoms with van der Waals surface area (Å²) in [4.78, 5) is 24.8. The minimum atomic E-state index is 0.0369. The second-order valence-electron chi connectivity index (χ2n) is 7.56. The van der Waals surface area contributed by atoms with E-state index in [4.69, 9.17) is 0 Å². The second-order valence-corrected chi connectivity index (χ2v) is 8.79. The maximum Gasteiger partial charge on any atom is 0.239 e. The van der Waals surface area contributed by atoms with E-state index in [1.807, 2.05) is 25.4 Å². The van der Waals surface area contributed by atoms with E-state index in [1.54, 1.807) is 11.3 Å². The number of benzene rings is 1. The van der Waals surface area contributed by atoms with Gasteiger partial charge in [-0.3, -0.25) is 9.69 Å². The van der Waals surface area contributed by atoms with E-state index in [0.717, 1.165) is 26.2 Å². The molecule has 0 unspecified atom stereocenters. The van der Waals surface area contributed by atoms with Gasteiger partial charge >= 0.3 is 0 Å². The molecule has 2 aliphatic rings. The van der Waals surface area contributed by atoms with Crippen molar-refractivity contribution in [2.24, 2.45) is 0 Å². The second kappa shape index (κ2) is 6.69. The van der Waals surface area contributed by atoms with Crippen LogP contribution in [0.5, 0.6) is 0 Å². The van der Waals surface area contributed by atoms with Gasteiger partial charge in [-0.2, -0.15) is 0 Å². The third kappa shape index (κ3) is 3.24. The number of aromatic nitrogens is 2. The number of fused-ring (bicyclic) bond motifs is 3. The molecule has 2 aliphatic heterocycles. The molecule has 6 heteroatoms. The van der Waals surface area contributed by atoms with Crippen molar-refractivity contribution in [3.05, 3.63) is 41.7 Å². The van der Waals surface area contributed by atoms with E-state index in [2.05, 4.69) is 38.4 Å². The third-order valence-corrected chi connectivity index (χ3v) is 6.79. The summed E-state index contributed by atoms with van der Waals surface area (Å²) in [5.41, 5.74) is 1.14. The van der Waals surface area contributed by atoms with Crippen molar-refractivity contribution in [2.75, 3.05) is 11.9 Å². The molecule has 0 atom stereocenters. The largest absolute Gasteiger partial charge is 0.310 e. The van der Waals surface area contributed by atoms with Gasteiger partial charge in [-0.05, 0) is 55.7 Å². The molecule has 0 spiro atoms. The first-order valence-electron chi connectivity index (χ1n) is 9.54. The van der Waals surface area contributed by atoms with Gasteiger partial charge in [-0.1, -0.05) is 12.1 Å². The van der Waals surface area contributed by atoms with Crippen molar-refractivity contribution in [3.8, 4) is 10.4 Å². The molecule has 1 N–H and O–H groups in total. The maximum atomic E-state index is 12.5. The fraction of sp³-hybridized carbons (Fsp3) is 0.381. The number of hydrogen-bond donors (Lipinski definition) is 1. The van der Waals surface area contributed by atoms with Crippen LogP contribution >= 0.6 is 11.3 Å². The van der Waals surface area contributed by atoms with Crippen molar-refractivity contribution < 1.29 is 4.79 Å². The lowest BCUT2D eigenvalue weighted by atomic mass is 10.0. The highest BCUT2D eigenvalue weighted by Gasteiger charge is 2.39. The van der Waals surface area contributed by atoms with Gasteiger partial charge in [0, 0.05) is 29.9 Å². The number of rotatable bonds is 4. The highest BCUT2D eigenvalue weighted by atomic mass is 32.1. The minimum Gasteiger partial charge on any atom is -0.310 e. The lowest BCUT2D eigenvalue weighted by molar-refractivity contribution is -0.117. The Hall–Kier alpha value is -2.31. The highest BCUT2D eigenvalue weighted by Crippen LogP contribution is 2.37. The van der Waals surface area contributed by atoms with E-state index in [0.29, 0.717) is 24.4 Å². The van der Waals surface area contributed by atoms with Crippen LogP contribution in [0.4, 0.5) is 5.82 Å². The van der Waals surface area contributed by atoms with Crippen molar-refractivity contribution in [1.82, 2.24) is 14.9 Å². The molecule has 5 nitrogen and oxygen atoms in total. The summed E-state index contributed by atoms with van der Waals surface area (Å²) in [6.07, 6.45) is 8.71. The van der Waals surface area contributed by atoms with Gasteiger partial charge in [0.15, 0.2) is 0 Å². The fourth-order valence-electron chi connectivity index (χ4n) is 4.48. The summed E-state index contributed by atoms with van der Waals surface area (Å²) in [6.45, 7) is 2.49. The lowest BCUT2D eigenvalue weighted by Gasteiger charge is -2.20. The molecule has 2 aromatic heterocycles. The normalized spacial score (nSPS) is 21.8. The number of anilines is 1. The molecule has 2 bridgehead atoms. The van der Waals surface area contributed by atoms with E-state index >= 15 is 0 Å². The molecule has 138 valence electrons. The number of amides is 1. The molecule has 0 radical (unpaired) electrons. The van der Waals surface area contributed by atoms with Gasteiger partial charge in [0.05, 0.1) is 16.4 Å². The van der Waals surface area contributed by atoms with Crippen LogP contribution in [-0.4, -0.2) is 39.4 Å². The van der Waals surface area contributed by atoms with Gasteiger partial charge < -0.3 is 5.32 Å². The van der Waals surface area contributed by atoms with Gasteiger partial charge in [0.25, 0.3) is 0 Å². The summed E-state index contributed by atoms with van der Waals surface area (Å²) in [5, 5.41) is 6.19. The van der Waals surface area contributed by atoms with Crippen LogP contribution in [0.2, 0.25) is 0 Å². The van der Waals surface area contributed by atoms with Crippen LogP contribution in [0.3, 0.4) is 0 Å². The summed E-state index contributed by atoms with van der Waals surface area (Å²) < 4.78 is 0. The Morgan fingerprint density at radius 2 is 1.89 bits per heavy atom. The molecule has 1 amide bonds. The molecule has 27 heavy (non-hydrogen) atoms. The number of carbonyl (C=O) groups excluding carboxylic acids is 1. The average molecular weight is 379 g/mol. The molecule has 1 aromatic carbocycles. The van der Waals surface area contributed by atoms with Crippen LogP contribution in [0.25, 0.3) is 21.2 Å². The van der Waals surface area contributed by atoms with Crippen molar-refractivity contribution in [3.63, 3.8) is 0 Å². The van der Waals surface area contributed by atoms with E-state index in [-0.39, 0.29) is 5.91 Å². The standard InChI is InChI=1S/C21H22N4OS/c1-13-22-11-19(27-13)14-2-3-15-10-23-20(9-16(15)8-14)24-21(26)12-25-17-4-5-18(25)7-6-17/h2-3,8-11,17-18H,4-7,12H2,1H3,(H,23,24,26). The number of aryl methyl sites for hydroxylation is 1. The predicted molar refractivity (Wildman–Crippen MR) is 109 cm³/mol. The van der Waals surface area contributed by atoms with Crippen LogP contribution < -0.4 is 5.32 Å². The number of hydrogen-bond acceptors (Lipinski definition) is 5. The number of carbonyl (C=O) groups is 1. The van der Waals surface area contributed by atoms with Crippen molar-refractivity contribution in [1.29, 1.82) is 0 Å². The summed E-state index contributed by atoms with van der Waals surface area (Å²) in [5.74, 6) is 0.659. The number of nitrogens with zero attached hydrogens (tertiary/aromatic N) is 3. The Bertz CT molecular complexity index is 994. The number of thiazole rings is 1. The van der Waals surface area contributed by atoms with E-state index in [1.165, 1.54) is 25.7 Å². The van der Waals surface area contributed by atoms with Gasteiger partial charge in [-0.25, -0.2) is 9.97 Å². The molecular formula is C21H22N4OS. The minimum absolute atomic E-state index is 0.0369. The molecule has 0 saturated carbocycles. The van der Waals surface area contributed by atoms with Crippen LogP contribution in [-0.2, 0) is 4.79 Å². The summed E-state index contributed by atoms with van der Waals surface area (Å²) >= 11 is 1.69. The Kier molecular flexibility index (Phi) is 4.17. The van der Waals surface area contributed by atoms with Gasteiger partial charge in [-0.15, -0.1) is 11.3 Å². The molecule has 2 saturated heterocycles. The van der Waals surface area contributed by atoms with Gasteiger partial charge in [0.1, 0.15) is 5.82 Å². The fourth-order valence-corrected chi connectivity index (χ4v) is 5.26. The topological polar surface area (TPSA) is 58.1 Å². The van der Waals surface area contributed by atoms with Crippen LogP contribution in [0, 0.1) is 6.92 Å². The molecule has 2 fully saturated rings. The highest BCUT2D eigenvalue weighted by molar-refractivity contribution is 7.15. The quantitative estimate of drug-likeness (QED) is 0.738. The van der Waals surface area contributed by atoms with Crippen molar-refractivity contribution in [2.45, 2.75) is 44.7 Å². The molecule has 0 aliphatic carbocycles. The first-order chi connectivity index (χ1) is 13.2.